The third kappa shape index (κ3) is 6.18. The van der Waals surface area contributed by atoms with Crippen LogP contribution >= 0.6 is 15.9 Å². The fourth-order valence-electron chi connectivity index (χ4n) is 1.51. The molecule has 1 heterocycles. The maximum Gasteiger partial charge on any atom is 0.224 e. The molecular formula is C13H22BrN5O. The molecule has 0 saturated carbocycles. The van der Waals surface area contributed by atoms with Crippen molar-refractivity contribution in [3.63, 3.8) is 0 Å². The van der Waals surface area contributed by atoms with Gasteiger partial charge in [-0.3, -0.25) is 4.79 Å². The molecule has 0 bridgehead atoms. The highest BCUT2D eigenvalue weighted by Crippen LogP contribution is 2.19. The van der Waals surface area contributed by atoms with Crippen LogP contribution in [0.1, 0.15) is 34.1 Å². The standard InChI is InChI=1S/C13H22BrN5O/c1-5-15-12-17-8-9(14)11(18-12)16-7-6-10(20)19-13(2,3)4/h8H,5-7H2,1-4H3,(H,19,20)(H2,15,16,17,18). The van der Waals surface area contributed by atoms with Gasteiger partial charge in [0.15, 0.2) is 0 Å². The van der Waals surface area contributed by atoms with E-state index >= 15 is 0 Å². The highest BCUT2D eigenvalue weighted by molar-refractivity contribution is 9.10. The number of hydrogen-bond donors (Lipinski definition) is 3. The van der Waals surface area contributed by atoms with Crippen molar-refractivity contribution in [3.8, 4) is 0 Å². The molecule has 20 heavy (non-hydrogen) atoms. The zero-order valence-corrected chi connectivity index (χ0v) is 14.0. The van der Waals surface area contributed by atoms with E-state index in [0.717, 1.165) is 11.0 Å². The predicted octanol–water partition coefficient (Wildman–Crippen LogP) is 2.39. The maximum absolute atomic E-state index is 11.7. The van der Waals surface area contributed by atoms with Crippen LogP contribution in [-0.4, -0.2) is 34.5 Å². The van der Waals surface area contributed by atoms with E-state index < -0.39 is 0 Å². The lowest BCUT2D eigenvalue weighted by atomic mass is 10.1. The minimum Gasteiger partial charge on any atom is -0.368 e. The lowest BCUT2D eigenvalue weighted by Gasteiger charge is -2.20. The molecule has 0 aliphatic heterocycles. The smallest absolute Gasteiger partial charge is 0.224 e. The van der Waals surface area contributed by atoms with Crippen LogP contribution in [0.2, 0.25) is 0 Å². The molecule has 1 aromatic heterocycles. The zero-order valence-electron chi connectivity index (χ0n) is 12.4. The van der Waals surface area contributed by atoms with Gasteiger partial charge in [0.2, 0.25) is 11.9 Å². The Morgan fingerprint density at radius 1 is 1.35 bits per heavy atom. The summed E-state index contributed by atoms with van der Waals surface area (Å²) in [6, 6.07) is 0. The number of carbonyl (C=O) groups is 1. The van der Waals surface area contributed by atoms with Crippen LogP contribution in [0.3, 0.4) is 0 Å². The van der Waals surface area contributed by atoms with Gasteiger partial charge in [0.1, 0.15) is 5.82 Å². The normalized spacial score (nSPS) is 11.1. The molecule has 0 radical (unpaired) electrons. The average Bonchev–Trinajstić information content (AvgIpc) is 2.31. The Labute approximate surface area is 128 Å². The van der Waals surface area contributed by atoms with Crippen LogP contribution in [0.25, 0.3) is 0 Å². The van der Waals surface area contributed by atoms with E-state index in [9.17, 15) is 4.79 Å². The van der Waals surface area contributed by atoms with Crippen molar-refractivity contribution in [2.45, 2.75) is 39.7 Å². The number of carbonyl (C=O) groups excluding carboxylic acids is 1. The second-order valence-electron chi connectivity index (χ2n) is 5.40. The van der Waals surface area contributed by atoms with Crippen LogP contribution in [0.4, 0.5) is 11.8 Å². The Balaban J connectivity index is 2.49. The zero-order chi connectivity index (χ0) is 15.2. The summed E-state index contributed by atoms with van der Waals surface area (Å²) in [5.74, 6) is 1.26. The maximum atomic E-state index is 11.7. The van der Waals surface area contributed by atoms with Crippen LogP contribution in [0, 0.1) is 0 Å². The summed E-state index contributed by atoms with van der Waals surface area (Å²) in [7, 11) is 0. The number of halogens is 1. The summed E-state index contributed by atoms with van der Waals surface area (Å²) >= 11 is 3.38. The van der Waals surface area contributed by atoms with E-state index in [1.165, 1.54) is 0 Å². The molecule has 0 saturated heterocycles. The second kappa shape index (κ2) is 7.42. The Hall–Kier alpha value is -1.37. The van der Waals surface area contributed by atoms with Gasteiger partial charge in [-0.25, -0.2) is 4.98 Å². The quantitative estimate of drug-likeness (QED) is 0.739. The van der Waals surface area contributed by atoms with E-state index in [-0.39, 0.29) is 11.4 Å². The molecule has 0 spiro atoms. The van der Waals surface area contributed by atoms with Crippen molar-refractivity contribution in [1.82, 2.24) is 15.3 Å². The van der Waals surface area contributed by atoms with Crippen LogP contribution in [-0.2, 0) is 4.79 Å². The first-order valence-electron chi connectivity index (χ1n) is 6.63. The van der Waals surface area contributed by atoms with Gasteiger partial charge in [-0.15, -0.1) is 0 Å². The first kappa shape index (κ1) is 16.7. The van der Waals surface area contributed by atoms with E-state index in [2.05, 4.69) is 41.8 Å². The van der Waals surface area contributed by atoms with Crippen molar-refractivity contribution in [1.29, 1.82) is 0 Å². The van der Waals surface area contributed by atoms with Crippen LogP contribution in [0.15, 0.2) is 10.7 Å². The van der Waals surface area contributed by atoms with Crippen molar-refractivity contribution in [3.05, 3.63) is 10.7 Å². The molecule has 112 valence electrons. The summed E-state index contributed by atoms with van der Waals surface area (Å²) in [4.78, 5) is 20.1. The molecule has 1 rings (SSSR count). The fourth-order valence-corrected chi connectivity index (χ4v) is 1.84. The lowest BCUT2D eigenvalue weighted by Crippen LogP contribution is -2.41. The second-order valence-corrected chi connectivity index (χ2v) is 6.25. The van der Waals surface area contributed by atoms with E-state index in [1.807, 2.05) is 27.7 Å². The summed E-state index contributed by atoms with van der Waals surface area (Å²) < 4.78 is 0.774. The SMILES string of the molecule is CCNc1ncc(Br)c(NCCC(=O)NC(C)(C)C)n1. The number of nitrogens with zero attached hydrogens (tertiary/aromatic N) is 2. The minimum absolute atomic E-state index is 0.0158. The summed E-state index contributed by atoms with van der Waals surface area (Å²) in [6.45, 7) is 9.14. The third-order valence-electron chi connectivity index (χ3n) is 2.24. The van der Waals surface area contributed by atoms with Gasteiger partial charge in [0.25, 0.3) is 0 Å². The average molecular weight is 344 g/mol. The van der Waals surface area contributed by atoms with Gasteiger partial charge in [0, 0.05) is 31.2 Å². The highest BCUT2D eigenvalue weighted by Gasteiger charge is 2.13. The summed E-state index contributed by atoms with van der Waals surface area (Å²) in [6.07, 6.45) is 2.08. The van der Waals surface area contributed by atoms with Gasteiger partial charge in [-0.05, 0) is 43.6 Å². The summed E-state index contributed by atoms with van der Waals surface area (Å²) in [5.41, 5.74) is -0.204. The number of aromatic nitrogens is 2. The van der Waals surface area contributed by atoms with Crippen molar-refractivity contribution in [2.24, 2.45) is 0 Å². The van der Waals surface area contributed by atoms with Crippen molar-refractivity contribution < 1.29 is 4.79 Å². The monoisotopic (exact) mass is 343 g/mol. The Morgan fingerprint density at radius 3 is 2.65 bits per heavy atom. The number of rotatable bonds is 6. The van der Waals surface area contributed by atoms with Gasteiger partial charge in [0.05, 0.1) is 4.47 Å². The molecule has 0 aliphatic carbocycles. The molecule has 3 N–H and O–H groups in total. The molecule has 0 aromatic carbocycles. The molecule has 0 unspecified atom stereocenters. The molecule has 0 fully saturated rings. The first-order valence-corrected chi connectivity index (χ1v) is 7.42. The topological polar surface area (TPSA) is 78.9 Å². The molecule has 1 aromatic rings. The molecule has 1 amide bonds. The van der Waals surface area contributed by atoms with Crippen LogP contribution < -0.4 is 16.0 Å². The van der Waals surface area contributed by atoms with Gasteiger partial charge in [-0.2, -0.15) is 4.98 Å². The van der Waals surface area contributed by atoms with Crippen molar-refractivity contribution in [2.75, 3.05) is 23.7 Å². The van der Waals surface area contributed by atoms with Gasteiger partial charge < -0.3 is 16.0 Å². The van der Waals surface area contributed by atoms with Gasteiger partial charge >= 0.3 is 0 Å². The van der Waals surface area contributed by atoms with Gasteiger partial charge in [-0.1, -0.05) is 0 Å². The lowest BCUT2D eigenvalue weighted by molar-refractivity contribution is -0.122. The Morgan fingerprint density at radius 2 is 2.05 bits per heavy atom. The molecular weight excluding hydrogens is 322 g/mol. The highest BCUT2D eigenvalue weighted by atomic mass is 79.9. The number of hydrogen-bond acceptors (Lipinski definition) is 5. The fraction of sp³-hybridized carbons (Fsp3) is 0.615. The number of amides is 1. The Kier molecular flexibility index (Phi) is 6.19. The molecule has 7 heteroatoms. The Bertz CT molecular complexity index is 459. The molecule has 0 aliphatic rings. The van der Waals surface area contributed by atoms with E-state index in [0.29, 0.717) is 24.7 Å². The summed E-state index contributed by atoms with van der Waals surface area (Å²) in [5, 5.41) is 9.09. The third-order valence-corrected chi connectivity index (χ3v) is 2.82. The van der Waals surface area contributed by atoms with E-state index in [4.69, 9.17) is 0 Å². The van der Waals surface area contributed by atoms with E-state index in [1.54, 1.807) is 6.20 Å². The first-order chi connectivity index (χ1) is 9.31. The number of anilines is 2. The largest absolute Gasteiger partial charge is 0.368 e. The molecule has 6 nitrogen and oxygen atoms in total. The predicted molar refractivity (Wildman–Crippen MR) is 84.9 cm³/mol. The van der Waals surface area contributed by atoms with Crippen molar-refractivity contribution >= 4 is 33.6 Å². The van der Waals surface area contributed by atoms with Crippen LogP contribution in [0.5, 0.6) is 0 Å². The number of nitrogens with one attached hydrogen (secondary N) is 3. The molecule has 0 atom stereocenters. The minimum atomic E-state index is -0.204.